The minimum Gasteiger partial charge on any atom is -0.314 e. The molecular weight excluding hydrogens is 387 g/mol. The van der Waals surface area contributed by atoms with E-state index in [4.69, 9.17) is 0 Å². The van der Waals surface area contributed by atoms with Crippen molar-refractivity contribution in [3.63, 3.8) is 0 Å². The molecule has 1 fully saturated rings. The summed E-state index contributed by atoms with van der Waals surface area (Å²) in [5.41, 5.74) is 1.42. The highest BCUT2D eigenvalue weighted by atomic mass is 127. The van der Waals surface area contributed by atoms with Crippen LogP contribution in [0.25, 0.3) is 0 Å². The minimum absolute atomic E-state index is 1.05. The van der Waals surface area contributed by atoms with E-state index in [9.17, 15) is 0 Å². The number of likely N-dealkylation sites (N-methyl/N-ethyl adjacent to an activating group) is 2. The van der Waals surface area contributed by atoms with E-state index in [2.05, 4.69) is 81.0 Å². The monoisotopic (exact) mass is 416 g/mol. The lowest BCUT2D eigenvalue weighted by molar-refractivity contribution is 0.187. The van der Waals surface area contributed by atoms with Crippen LogP contribution in [0.3, 0.4) is 0 Å². The van der Waals surface area contributed by atoms with Crippen LogP contribution in [0.1, 0.15) is 5.56 Å². The predicted octanol–water partition coefficient (Wildman–Crippen LogP) is 1.56. The van der Waals surface area contributed by atoms with Crippen LogP contribution in [-0.2, 0) is 6.54 Å². The average Bonchev–Trinajstić information content (AvgIpc) is 2.50. The highest BCUT2D eigenvalue weighted by molar-refractivity contribution is 14.1. The molecule has 124 valence electrons. The maximum absolute atomic E-state index is 3.52. The third-order valence-corrected chi connectivity index (χ3v) is 4.98. The first-order chi connectivity index (χ1) is 10.6. The second kappa shape index (κ2) is 9.82. The van der Waals surface area contributed by atoms with Crippen molar-refractivity contribution in [2.75, 3.05) is 66.5 Å². The van der Waals surface area contributed by atoms with E-state index < -0.39 is 0 Å². The number of halogens is 1. The zero-order valence-electron chi connectivity index (χ0n) is 13.9. The van der Waals surface area contributed by atoms with Crippen molar-refractivity contribution in [2.24, 2.45) is 0 Å². The lowest BCUT2D eigenvalue weighted by atomic mass is 10.2. The highest BCUT2D eigenvalue weighted by Gasteiger charge is 2.10. The quantitative estimate of drug-likeness (QED) is 0.739. The molecule has 0 radical (unpaired) electrons. The Hall–Kier alpha value is -0.210. The van der Waals surface area contributed by atoms with Crippen LogP contribution < -0.4 is 5.32 Å². The molecule has 1 aliphatic rings. The van der Waals surface area contributed by atoms with Gasteiger partial charge in [-0.3, -0.25) is 4.90 Å². The summed E-state index contributed by atoms with van der Waals surface area (Å²) < 4.78 is 1.31. The van der Waals surface area contributed by atoms with Crippen LogP contribution in [0.2, 0.25) is 0 Å². The van der Waals surface area contributed by atoms with E-state index >= 15 is 0 Å². The third kappa shape index (κ3) is 6.91. The fraction of sp³-hybridized carbons (Fsp3) is 0.647. The Balaban J connectivity index is 1.93. The van der Waals surface area contributed by atoms with Crippen LogP contribution in [0.15, 0.2) is 24.3 Å². The zero-order valence-corrected chi connectivity index (χ0v) is 16.1. The standard InChI is InChI=1S/C17H29IN4/c1-20-9-7-19-8-10-21(2)12-14-22(13-11-20)15-16-3-5-17(18)6-4-16/h3-6,19H,7-15H2,1-2H3. The van der Waals surface area contributed by atoms with E-state index in [-0.39, 0.29) is 0 Å². The molecule has 4 nitrogen and oxygen atoms in total. The number of rotatable bonds is 2. The molecule has 0 spiro atoms. The molecule has 1 aromatic carbocycles. The van der Waals surface area contributed by atoms with Crippen LogP contribution >= 0.6 is 22.6 Å². The Kier molecular flexibility index (Phi) is 8.10. The number of nitrogens with zero attached hydrogens (tertiary/aromatic N) is 3. The van der Waals surface area contributed by atoms with Crippen LogP contribution in [0.4, 0.5) is 0 Å². The molecule has 1 aromatic rings. The van der Waals surface area contributed by atoms with Crippen molar-refractivity contribution in [2.45, 2.75) is 6.54 Å². The van der Waals surface area contributed by atoms with Gasteiger partial charge in [0.15, 0.2) is 0 Å². The van der Waals surface area contributed by atoms with E-state index in [1.165, 1.54) is 9.13 Å². The van der Waals surface area contributed by atoms with Gasteiger partial charge in [-0.05, 0) is 54.4 Å². The molecule has 22 heavy (non-hydrogen) atoms. The molecule has 0 aromatic heterocycles. The van der Waals surface area contributed by atoms with Gasteiger partial charge < -0.3 is 15.1 Å². The van der Waals surface area contributed by atoms with E-state index in [0.717, 1.165) is 58.9 Å². The maximum Gasteiger partial charge on any atom is 0.0234 e. The normalized spacial score (nSPS) is 21.2. The Morgan fingerprint density at radius 2 is 1.41 bits per heavy atom. The number of hydrogen-bond acceptors (Lipinski definition) is 4. The Bertz CT molecular complexity index is 407. The smallest absolute Gasteiger partial charge is 0.0234 e. The van der Waals surface area contributed by atoms with Crippen molar-refractivity contribution >= 4 is 22.6 Å². The molecule has 1 saturated heterocycles. The predicted molar refractivity (Wildman–Crippen MR) is 102 cm³/mol. The Morgan fingerprint density at radius 1 is 0.864 bits per heavy atom. The molecule has 1 aliphatic heterocycles. The maximum atomic E-state index is 3.52. The van der Waals surface area contributed by atoms with Gasteiger partial charge in [-0.2, -0.15) is 0 Å². The molecular formula is C17H29IN4. The average molecular weight is 416 g/mol. The van der Waals surface area contributed by atoms with E-state index in [1.54, 1.807) is 0 Å². The van der Waals surface area contributed by atoms with Gasteiger partial charge in [0, 0.05) is 62.5 Å². The molecule has 0 amide bonds. The van der Waals surface area contributed by atoms with Gasteiger partial charge in [-0.1, -0.05) is 12.1 Å². The summed E-state index contributed by atoms with van der Waals surface area (Å²) in [5, 5.41) is 3.52. The lowest BCUT2D eigenvalue weighted by Gasteiger charge is -2.29. The van der Waals surface area contributed by atoms with Crippen LogP contribution in [0, 0.1) is 3.57 Å². The molecule has 0 atom stereocenters. The fourth-order valence-corrected chi connectivity index (χ4v) is 2.99. The molecule has 1 heterocycles. The second-order valence-electron chi connectivity index (χ2n) is 6.26. The Morgan fingerprint density at radius 3 is 1.95 bits per heavy atom. The zero-order chi connectivity index (χ0) is 15.8. The summed E-state index contributed by atoms with van der Waals surface area (Å²) in [4.78, 5) is 7.45. The van der Waals surface area contributed by atoms with Gasteiger partial charge in [0.25, 0.3) is 0 Å². The first kappa shape index (κ1) is 18.1. The van der Waals surface area contributed by atoms with Crippen molar-refractivity contribution in [1.82, 2.24) is 20.0 Å². The number of benzene rings is 1. The summed E-state index contributed by atoms with van der Waals surface area (Å²) >= 11 is 2.37. The molecule has 2 rings (SSSR count). The minimum atomic E-state index is 1.05. The van der Waals surface area contributed by atoms with Crippen molar-refractivity contribution in [3.05, 3.63) is 33.4 Å². The first-order valence-electron chi connectivity index (χ1n) is 8.18. The summed E-state index contributed by atoms with van der Waals surface area (Å²) in [6.45, 7) is 10.0. The van der Waals surface area contributed by atoms with Crippen molar-refractivity contribution in [1.29, 1.82) is 0 Å². The highest BCUT2D eigenvalue weighted by Crippen LogP contribution is 2.09. The summed E-state index contributed by atoms with van der Waals surface area (Å²) in [6, 6.07) is 8.93. The number of nitrogens with one attached hydrogen (secondary N) is 1. The van der Waals surface area contributed by atoms with Crippen LogP contribution in [0.5, 0.6) is 0 Å². The second-order valence-corrected chi connectivity index (χ2v) is 7.50. The SMILES string of the molecule is CN1CCNCCN(C)CCN(Cc2ccc(I)cc2)CC1. The summed E-state index contributed by atoms with van der Waals surface area (Å²) in [7, 11) is 4.45. The van der Waals surface area contributed by atoms with Crippen LogP contribution in [-0.4, -0.2) is 81.2 Å². The van der Waals surface area contributed by atoms with Gasteiger partial charge >= 0.3 is 0 Å². The number of hydrogen-bond donors (Lipinski definition) is 1. The van der Waals surface area contributed by atoms with Crippen molar-refractivity contribution < 1.29 is 0 Å². The third-order valence-electron chi connectivity index (χ3n) is 4.26. The largest absolute Gasteiger partial charge is 0.314 e. The molecule has 0 unspecified atom stereocenters. The van der Waals surface area contributed by atoms with Gasteiger partial charge in [0.2, 0.25) is 0 Å². The Labute approximate surface area is 149 Å². The van der Waals surface area contributed by atoms with Gasteiger partial charge in [0.05, 0.1) is 0 Å². The lowest BCUT2D eigenvalue weighted by Crippen LogP contribution is -2.42. The first-order valence-corrected chi connectivity index (χ1v) is 9.26. The van der Waals surface area contributed by atoms with Gasteiger partial charge in [-0.15, -0.1) is 0 Å². The molecule has 0 bridgehead atoms. The van der Waals surface area contributed by atoms with Gasteiger partial charge in [0.1, 0.15) is 0 Å². The summed E-state index contributed by atoms with van der Waals surface area (Å²) in [5.74, 6) is 0. The molecule has 1 N–H and O–H groups in total. The summed E-state index contributed by atoms with van der Waals surface area (Å²) in [6.07, 6.45) is 0. The van der Waals surface area contributed by atoms with Gasteiger partial charge in [-0.25, -0.2) is 0 Å². The molecule has 0 aliphatic carbocycles. The van der Waals surface area contributed by atoms with Crippen molar-refractivity contribution in [3.8, 4) is 0 Å². The topological polar surface area (TPSA) is 21.8 Å². The molecule has 5 heteroatoms. The molecule has 0 saturated carbocycles. The van der Waals surface area contributed by atoms with E-state index in [1.807, 2.05) is 0 Å². The van der Waals surface area contributed by atoms with E-state index in [0.29, 0.717) is 0 Å². The fourth-order valence-electron chi connectivity index (χ4n) is 2.63.